The van der Waals surface area contributed by atoms with Crippen molar-refractivity contribution in [2.75, 3.05) is 37.5 Å². The number of hydrogen-bond acceptors (Lipinski definition) is 9. The fourth-order valence-corrected chi connectivity index (χ4v) is 6.05. The van der Waals surface area contributed by atoms with Crippen LogP contribution in [0.1, 0.15) is 20.7 Å². The van der Waals surface area contributed by atoms with E-state index in [9.17, 15) is 27.2 Å². The van der Waals surface area contributed by atoms with Gasteiger partial charge in [-0.1, -0.05) is 35.3 Å². The number of nitrogens with two attached hydrogens (primary N) is 1. The minimum Gasteiger partial charge on any atom is -0.486 e. The Morgan fingerprint density at radius 3 is 1.40 bits per heavy atom. The second-order valence-electron chi connectivity index (χ2n) is 11.8. The SMILES string of the molecule is Nc1ccc(-c2cc3c(cc2Cl)OCCO3)cn1.O=C(Cl)c1c(F)cccc1F.O=C(Nc1ccc(-c2cc3c(cc2Cl)OCCO3)cn1)c1c(F)cccc1F. The highest BCUT2D eigenvalue weighted by molar-refractivity contribution is 6.67. The van der Waals surface area contributed by atoms with Crippen molar-refractivity contribution in [3.8, 4) is 45.3 Å². The van der Waals surface area contributed by atoms with E-state index in [1.165, 1.54) is 18.3 Å². The van der Waals surface area contributed by atoms with Crippen molar-refractivity contribution in [2.45, 2.75) is 0 Å². The van der Waals surface area contributed by atoms with E-state index in [1.54, 1.807) is 36.5 Å². The van der Waals surface area contributed by atoms with Gasteiger partial charge in [0.15, 0.2) is 23.0 Å². The van der Waals surface area contributed by atoms with Crippen LogP contribution in [0, 0.1) is 23.3 Å². The smallest absolute Gasteiger partial charge is 0.262 e. The Morgan fingerprint density at radius 2 is 1.02 bits per heavy atom. The zero-order valence-corrected chi connectivity index (χ0v) is 31.4. The van der Waals surface area contributed by atoms with Crippen molar-refractivity contribution >= 4 is 57.6 Å². The first-order valence-corrected chi connectivity index (χ1v) is 17.8. The number of aromatic nitrogens is 2. The molecule has 4 heterocycles. The number of hydrogen-bond donors (Lipinski definition) is 2. The van der Waals surface area contributed by atoms with Gasteiger partial charge in [-0.15, -0.1) is 0 Å². The summed E-state index contributed by atoms with van der Waals surface area (Å²) in [6, 6.07) is 20.2. The Bertz CT molecular complexity index is 2400. The molecular formula is C40H27Cl3F4N4O6. The van der Waals surface area contributed by atoms with E-state index < -0.39 is 45.5 Å². The number of nitrogen functional groups attached to an aromatic ring is 1. The van der Waals surface area contributed by atoms with Crippen LogP contribution < -0.4 is 30.0 Å². The number of fused-ring (bicyclic) bond motifs is 2. The van der Waals surface area contributed by atoms with Crippen LogP contribution in [0.5, 0.6) is 23.0 Å². The standard InChI is InChI=1S/C20H13ClF2N2O3.C13H11ClN2O2.C7H3ClF2O/c21-13-9-17-16(27-6-7-28-17)8-12(13)11-4-5-18(24-10-11)25-20(26)19-14(22)2-1-3-15(19)23;14-10-6-12-11(17-3-4-18-12)5-9(10)8-1-2-13(15)16-7-8;8-7(11)6-4(9)2-1-3-5(6)10/h1-5,8-10H,6-7H2,(H,24,25,26);1-2,5-7H,3-4H2,(H2,15,16);1-3H. The third-order valence-corrected chi connectivity index (χ3v) is 8.84. The van der Waals surface area contributed by atoms with Crippen LogP contribution >= 0.6 is 34.8 Å². The summed E-state index contributed by atoms with van der Waals surface area (Å²) >= 11 is 17.5. The molecule has 6 aromatic rings. The molecule has 0 bridgehead atoms. The van der Waals surface area contributed by atoms with E-state index in [0.717, 1.165) is 41.5 Å². The molecule has 0 radical (unpaired) electrons. The Hall–Kier alpha value is -6.09. The fourth-order valence-electron chi connectivity index (χ4n) is 5.34. The van der Waals surface area contributed by atoms with Gasteiger partial charge in [0.05, 0.1) is 10.0 Å². The molecule has 2 aromatic heterocycles. The number of rotatable bonds is 5. The minimum absolute atomic E-state index is 0.144. The lowest BCUT2D eigenvalue weighted by atomic mass is 10.1. The zero-order valence-electron chi connectivity index (χ0n) is 29.1. The van der Waals surface area contributed by atoms with Gasteiger partial charge in [-0.05, 0) is 72.3 Å². The lowest BCUT2D eigenvalue weighted by Gasteiger charge is -2.19. The molecule has 8 rings (SSSR count). The summed E-state index contributed by atoms with van der Waals surface area (Å²) in [6.07, 6.45) is 3.18. The van der Waals surface area contributed by atoms with E-state index in [2.05, 4.69) is 15.3 Å². The molecule has 3 N–H and O–H groups in total. The summed E-state index contributed by atoms with van der Waals surface area (Å²) in [5, 5.41) is 2.31. The van der Waals surface area contributed by atoms with Gasteiger partial charge < -0.3 is 30.0 Å². The van der Waals surface area contributed by atoms with Gasteiger partial charge >= 0.3 is 0 Å². The quantitative estimate of drug-likeness (QED) is 0.129. The molecule has 0 saturated heterocycles. The van der Waals surface area contributed by atoms with E-state index in [-0.39, 0.29) is 5.82 Å². The number of carbonyl (C=O) groups is 2. The number of carbonyl (C=O) groups excluding carboxylic acids is 2. The van der Waals surface area contributed by atoms with Gasteiger partial charge in [-0.25, -0.2) is 27.5 Å². The third-order valence-electron chi connectivity index (χ3n) is 8.03. The molecule has 0 unspecified atom stereocenters. The summed E-state index contributed by atoms with van der Waals surface area (Å²) < 4.78 is 74.6. The summed E-state index contributed by atoms with van der Waals surface area (Å²) in [7, 11) is 0. The average molecular weight is 842 g/mol. The number of nitrogens with one attached hydrogen (secondary N) is 1. The summed E-state index contributed by atoms with van der Waals surface area (Å²) in [5.41, 5.74) is 7.31. The van der Waals surface area contributed by atoms with Crippen molar-refractivity contribution in [3.05, 3.63) is 142 Å². The molecule has 0 atom stereocenters. The fraction of sp³-hybridized carbons (Fsp3) is 0.100. The lowest BCUT2D eigenvalue weighted by molar-refractivity contribution is 0.101. The van der Waals surface area contributed by atoms with Gasteiger partial charge in [0.25, 0.3) is 11.1 Å². The van der Waals surface area contributed by atoms with E-state index >= 15 is 0 Å². The van der Waals surface area contributed by atoms with Gasteiger partial charge in [-0.3, -0.25) is 9.59 Å². The summed E-state index contributed by atoms with van der Waals surface area (Å²) in [5.74, 6) is -1.53. The normalized spacial score (nSPS) is 12.3. The molecular weight excluding hydrogens is 815 g/mol. The van der Waals surface area contributed by atoms with E-state index in [1.807, 2.05) is 12.1 Å². The molecule has 17 heteroatoms. The number of halogens is 7. The molecule has 57 heavy (non-hydrogen) atoms. The number of amides is 1. The van der Waals surface area contributed by atoms with Gasteiger partial charge in [0, 0.05) is 46.8 Å². The molecule has 0 aliphatic carbocycles. The summed E-state index contributed by atoms with van der Waals surface area (Å²) in [6.45, 7) is 2.01. The topological polar surface area (TPSA) is 135 Å². The monoisotopic (exact) mass is 840 g/mol. The number of benzene rings is 4. The highest BCUT2D eigenvalue weighted by Gasteiger charge is 2.20. The van der Waals surface area contributed by atoms with Crippen molar-refractivity contribution < 1.29 is 46.1 Å². The number of nitrogens with zero attached hydrogens (tertiary/aromatic N) is 2. The van der Waals surface area contributed by atoms with E-state index in [0.29, 0.717) is 76.4 Å². The highest BCUT2D eigenvalue weighted by atomic mass is 35.5. The molecule has 2 aliphatic rings. The van der Waals surface area contributed by atoms with Crippen LogP contribution in [0.4, 0.5) is 29.2 Å². The Kier molecular flexibility index (Phi) is 13.0. The predicted molar refractivity (Wildman–Crippen MR) is 207 cm³/mol. The first kappa shape index (κ1) is 40.6. The molecule has 2 aliphatic heterocycles. The van der Waals surface area contributed by atoms with Gasteiger partial charge in [-0.2, -0.15) is 0 Å². The maximum absolute atomic E-state index is 13.7. The van der Waals surface area contributed by atoms with Crippen molar-refractivity contribution in [2.24, 2.45) is 0 Å². The predicted octanol–water partition coefficient (Wildman–Crippen LogP) is 9.80. The van der Waals surface area contributed by atoms with Gasteiger partial charge in [0.2, 0.25) is 0 Å². The van der Waals surface area contributed by atoms with Crippen LogP contribution in [0.2, 0.25) is 10.0 Å². The van der Waals surface area contributed by atoms with Crippen LogP contribution in [-0.4, -0.2) is 47.5 Å². The van der Waals surface area contributed by atoms with Crippen molar-refractivity contribution in [1.29, 1.82) is 0 Å². The lowest BCUT2D eigenvalue weighted by Crippen LogP contribution is -2.16. The van der Waals surface area contributed by atoms with E-state index in [4.69, 9.17) is 59.5 Å². The highest BCUT2D eigenvalue weighted by Crippen LogP contribution is 2.41. The largest absolute Gasteiger partial charge is 0.486 e. The minimum atomic E-state index is -1.12. The van der Waals surface area contributed by atoms with Crippen LogP contribution in [0.25, 0.3) is 22.3 Å². The van der Waals surface area contributed by atoms with Crippen molar-refractivity contribution in [1.82, 2.24) is 9.97 Å². The molecule has 10 nitrogen and oxygen atoms in total. The molecule has 292 valence electrons. The third kappa shape index (κ3) is 9.84. The molecule has 0 fully saturated rings. The molecule has 0 spiro atoms. The van der Waals surface area contributed by atoms with Crippen molar-refractivity contribution in [3.63, 3.8) is 0 Å². The van der Waals surface area contributed by atoms with Crippen LogP contribution in [-0.2, 0) is 0 Å². The molecule has 4 aromatic carbocycles. The maximum Gasteiger partial charge on any atom is 0.262 e. The number of anilines is 2. The molecule has 0 saturated carbocycles. The first-order valence-electron chi connectivity index (χ1n) is 16.7. The Morgan fingerprint density at radius 1 is 0.596 bits per heavy atom. The summed E-state index contributed by atoms with van der Waals surface area (Å²) in [4.78, 5) is 30.7. The molecule has 1 amide bonds. The first-order chi connectivity index (χ1) is 27.4. The van der Waals surface area contributed by atoms with Crippen LogP contribution in [0.15, 0.2) is 97.3 Å². The number of pyridine rings is 2. The average Bonchev–Trinajstić information content (AvgIpc) is 3.18. The van der Waals surface area contributed by atoms with Gasteiger partial charge in [0.1, 0.15) is 72.5 Å². The van der Waals surface area contributed by atoms with Crippen LogP contribution in [0.3, 0.4) is 0 Å². The second-order valence-corrected chi connectivity index (χ2v) is 12.9. The zero-order chi connectivity index (χ0) is 40.6. The Balaban J connectivity index is 0.000000161. The number of ether oxygens (including phenoxy) is 4. The second kappa shape index (κ2) is 18.2. The maximum atomic E-state index is 13.7. The Labute approximate surface area is 337 Å².